The van der Waals surface area contributed by atoms with Gasteiger partial charge in [-0.3, -0.25) is 4.79 Å². The number of carbonyl (C=O) groups is 1. The van der Waals surface area contributed by atoms with E-state index in [1.165, 1.54) is 0 Å². The summed E-state index contributed by atoms with van der Waals surface area (Å²) in [5.41, 5.74) is 3.22. The van der Waals surface area contributed by atoms with Gasteiger partial charge in [0.25, 0.3) is 0 Å². The largest absolute Gasteiger partial charge is 0.333 e. The van der Waals surface area contributed by atoms with Crippen molar-refractivity contribution in [3.05, 3.63) is 22.8 Å². The molecule has 2 heterocycles. The number of hydrogen-bond acceptors (Lipinski definition) is 3. The molecule has 0 N–H and O–H groups in total. The Hall–Kier alpha value is -1.45. The fraction of sp³-hybridized carbons (Fsp3) is 0.643. The van der Waals surface area contributed by atoms with Crippen LogP contribution in [0.15, 0.2) is 0 Å². The van der Waals surface area contributed by atoms with E-state index >= 15 is 0 Å². The molecule has 18 heavy (non-hydrogen) atoms. The minimum absolute atomic E-state index is 0.0530. The Morgan fingerprint density at radius 1 is 1.28 bits per heavy atom. The maximum Gasteiger partial charge on any atom is 0.220 e. The van der Waals surface area contributed by atoms with Gasteiger partial charge in [-0.05, 0) is 6.42 Å². The van der Waals surface area contributed by atoms with E-state index in [2.05, 4.69) is 37.7 Å². The molecule has 4 heteroatoms. The maximum atomic E-state index is 11.5. The molecule has 0 radical (unpaired) electrons. The molecule has 0 fully saturated rings. The number of hydrogen-bond donors (Lipinski definition) is 0. The Kier molecular flexibility index (Phi) is 3.13. The van der Waals surface area contributed by atoms with Crippen molar-refractivity contribution in [1.29, 1.82) is 0 Å². The van der Waals surface area contributed by atoms with Crippen LogP contribution in [0.2, 0.25) is 0 Å². The summed E-state index contributed by atoms with van der Waals surface area (Å²) in [5, 5.41) is 0. The van der Waals surface area contributed by atoms with Crippen LogP contribution in [0.3, 0.4) is 0 Å². The number of fused-ring (bicyclic) bond motifs is 1. The molecule has 1 amide bonds. The molecule has 0 saturated carbocycles. The summed E-state index contributed by atoms with van der Waals surface area (Å²) in [7, 11) is 0. The summed E-state index contributed by atoms with van der Waals surface area (Å²) in [5.74, 6) is 0.982. The third-order valence-corrected chi connectivity index (χ3v) is 3.32. The Labute approximate surface area is 108 Å². The van der Waals surface area contributed by atoms with E-state index < -0.39 is 0 Å². The maximum absolute atomic E-state index is 11.5. The minimum Gasteiger partial charge on any atom is -0.333 e. The monoisotopic (exact) mass is 247 g/mol. The quantitative estimate of drug-likeness (QED) is 0.764. The molecule has 4 nitrogen and oxygen atoms in total. The van der Waals surface area contributed by atoms with E-state index in [1.807, 2.05) is 4.90 Å². The molecule has 1 aromatic heterocycles. The van der Waals surface area contributed by atoms with Crippen molar-refractivity contribution in [1.82, 2.24) is 14.9 Å². The van der Waals surface area contributed by atoms with Gasteiger partial charge in [0.1, 0.15) is 5.82 Å². The predicted molar refractivity (Wildman–Crippen MR) is 70.0 cm³/mol. The van der Waals surface area contributed by atoms with E-state index in [0.29, 0.717) is 13.1 Å². The third-order valence-electron chi connectivity index (χ3n) is 3.32. The van der Waals surface area contributed by atoms with Crippen LogP contribution >= 0.6 is 0 Å². The number of nitrogens with zero attached hydrogens (tertiary/aromatic N) is 3. The first kappa shape index (κ1) is 13.0. The molecule has 1 aliphatic rings. The average Bonchev–Trinajstić information content (AvgIpc) is 2.70. The predicted octanol–water partition coefficient (Wildman–Crippen LogP) is 2.20. The van der Waals surface area contributed by atoms with Gasteiger partial charge in [0.2, 0.25) is 5.91 Å². The lowest BCUT2D eigenvalue weighted by Crippen LogP contribution is -2.22. The first-order valence-corrected chi connectivity index (χ1v) is 6.47. The number of rotatable bonds is 1. The van der Waals surface area contributed by atoms with E-state index in [0.717, 1.165) is 29.2 Å². The van der Waals surface area contributed by atoms with Gasteiger partial charge >= 0.3 is 0 Å². The van der Waals surface area contributed by atoms with Gasteiger partial charge in [-0.25, -0.2) is 9.97 Å². The Bertz CT molecular complexity index is 489. The zero-order valence-electron chi connectivity index (χ0n) is 11.9. The Morgan fingerprint density at radius 2 is 1.94 bits per heavy atom. The van der Waals surface area contributed by atoms with Gasteiger partial charge in [-0.1, -0.05) is 27.7 Å². The highest BCUT2D eigenvalue weighted by Crippen LogP contribution is 2.27. The smallest absolute Gasteiger partial charge is 0.220 e. The third kappa shape index (κ3) is 2.24. The van der Waals surface area contributed by atoms with Gasteiger partial charge in [-0.2, -0.15) is 0 Å². The van der Waals surface area contributed by atoms with Crippen molar-refractivity contribution in [2.45, 2.75) is 59.5 Å². The average molecular weight is 247 g/mol. The van der Waals surface area contributed by atoms with Gasteiger partial charge in [0.15, 0.2) is 0 Å². The van der Waals surface area contributed by atoms with Crippen LogP contribution in [0.1, 0.15) is 57.4 Å². The topological polar surface area (TPSA) is 46.1 Å². The lowest BCUT2D eigenvalue weighted by Gasteiger charge is -2.18. The molecule has 2 rings (SSSR count). The fourth-order valence-corrected chi connectivity index (χ4v) is 2.17. The van der Waals surface area contributed by atoms with Gasteiger partial charge in [-0.15, -0.1) is 0 Å². The molecule has 0 atom stereocenters. The molecule has 1 aliphatic heterocycles. The molecule has 0 spiro atoms. The van der Waals surface area contributed by atoms with Crippen LogP contribution in [0, 0.1) is 0 Å². The second-order valence-electron chi connectivity index (χ2n) is 5.90. The SMILES string of the molecule is CCc1nc(C(C)(C)C)nc2c1CN(C(C)=O)C2. The lowest BCUT2D eigenvalue weighted by molar-refractivity contribution is -0.129. The normalized spacial score (nSPS) is 14.8. The van der Waals surface area contributed by atoms with E-state index in [9.17, 15) is 4.79 Å². The molecule has 0 saturated heterocycles. The van der Waals surface area contributed by atoms with Crippen molar-refractivity contribution in [2.24, 2.45) is 0 Å². The van der Waals surface area contributed by atoms with Gasteiger partial charge in [0, 0.05) is 30.1 Å². The molecule has 0 unspecified atom stereocenters. The molecule has 98 valence electrons. The van der Waals surface area contributed by atoms with Gasteiger partial charge < -0.3 is 4.90 Å². The first-order valence-electron chi connectivity index (χ1n) is 6.47. The molecule has 1 aromatic rings. The van der Waals surface area contributed by atoms with Crippen molar-refractivity contribution >= 4 is 5.91 Å². The minimum atomic E-state index is -0.0530. The number of carbonyl (C=O) groups excluding carboxylic acids is 1. The summed E-state index contributed by atoms with van der Waals surface area (Å²) in [4.78, 5) is 22.6. The van der Waals surface area contributed by atoms with E-state index in [-0.39, 0.29) is 11.3 Å². The summed E-state index contributed by atoms with van der Waals surface area (Å²) in [6, 6.07) is 0. The van der Waals surface area contributed by atoms with Crippen molar-refractivity contribution in [2.75, 3.05) is 0 Å². The van der Waals surface area contributed by atoms with Crippen LogP contribution in [0.4, 0.5) is 0 Å². The number of aromatic nitrogens is 2. The second-order valence-corrected chi connectivity index (χ2v) is 5.90. The van der Waals surface area contributed by atoms with Crippen molar-refractivity contribution in [3.63, 3.8) is 0 Å². The first-order chi connectivity index (χ1) is 8.32. The molecular formula is C14H21N3O. The van der Waals surface area contributed by atoms with Crippen LogP contribution < -0.4 is 0 Å². The Balaban J connectivity index is 2.46. The summed E-state index contributed by atoms with van der Waals surface area (Å²) in [6.07, 6.45) is 0.889. The van der Waals surface area contributed by atoms with Crippen LogP contribution in [-0.2, 0) is 29.7 Å². The zero-order valence-corrected chi connectivity index (χ0v) is 11.9. The van der Waals surface area contributed by atoms with Crippen molar-refractivity contribution < 1.29 is 4.79 Å². The highest BCUT2D eigenvalue weighted by molar-refractivity contribution is 5.74. The van der Waals surface area contributed by atoms with Crippen molar-refractivity contribution in [3.8, 4) is 0 Å². The standard InChI is InChI=1S/C14H21N3O/c1-6-11-10-7-17(9(2)18)8-12(10)16-13(15-11)14(3,4)5/h6-8H2,1-5H3. The van der Waals surface area contributed by atoms with Gasteiger partial charge in [0.05, 0.1) is 12.2 Å². The van der Waals surface area contributed by atoms with E-state index in [4.69, 9.17) is 0 Å². The second kappa shape index (κ2) is 4.34. The summed E-state index contributed by atoms with van der Waals surface area (Å²) < 4.78 is 0. The molecule has 0 aliphatic carbocycles. The van der Waals surface area contributed by atoms with E-state index in [1.54, 1.807) is 6.92 Å². The molecular weight excluding hydrogens is 226 g/mol. The fourth-order valence-electron chi connectivity index (χ4n) is 2.17. The Morgan fingerprint density at radius 3 is 2.44 bits per heavy atom. The number of amides is 1. The van der Waals surface area contributed by atoms with Crippen LogP contribution in [-0.4, -0.2) is 20.8 Å². The number of aryl methyl sites for hydroxylation is 1. The van der Waals surface area contributed by atoms with Crippen LogP contribution in [0.5, 0.6) is 0 Å². The summed E-state index contributed by atoms with van der Waals surface area (Å²) in [6.45, 7) is 11.4. The molecule has 0 aromatic carbocycles. The van der Waals surface area contributed by atoms with Crippen LogP contribution in [0.25, 0.3) is 0 Å². The zero-order chi connectivity index (χ0) is 13.5. The lowest BCUT2D eigenvalue weighted by atomic mass is 9.95. The molecule has 0 bridgehead atoms. The highest BCUT2D eigenvalue weighted by atomic mass is 16.2. The summed E-state index contributed by atoms with van der Waals surface area (Å²) >= 11 is 0. The highest BCUT2D eigenvalue weighted by Gasteiger charge is 2.28.